The van der Waals surface area contributed by atoms with Crippen molar-refractivity contribution >= 4 is 28.9 Å². The fraction of sp³-hybridized carbons (Fsp3) is 0.276. The molecule has 11 heteroatoms. The molecule has 0 saturated carbocycles. The zero-order valence-corrected chi connectivity index (χ0v) is 22.3. The van der Waals surface area contributed by atoms with Crippen LogP contribution in [-0.2, 0) is 29.7 Å². The van der Waals surface area contributed by atoms with Crippen LogP contribution in [0.4, 0.5) is 4.79 Å². The number of hydrogen-bond donors (Lipinski definition) is 1. The lowest BCUT2D eigenvalue weighted by atomic mass is 10.00. The third-order valence-electron chi connectivity index (χ3n) is 7.59. The minimum atomic E-state index is -0.791. The van der Waals surface area contributed by atoms with E-state index >= 15 is 0 Å². The standard InChI is InChI=1S/C29H30N8O3/c1-33-24-15-21(13-14-23(24)31-32-33)17-35-18-25-36(34(2)29(40)30-16-20-9-5-3-6-10-20)19-26(38)37(25)27(28(35)39)22-11-7-4-8-12-22/h3-15,25,27H,16-19H2,1-2H3,(H,30,40)/t25-,27+/m1/s1. The van der Waals surface area contributed by atoms with Crippen molar-refractivity contribution in [3.05, 3.63) is 95.6 Å². The molecule has 2 saturated heterocycles. The van der Waals surface area contributed by atoms with Crippen LogP contribution in [0.5, 0.6) is 0 Å². The predicted octanol–water partition coefficient (Wildman–Crippen LogP) is 2.28. The third kappa shape index (κ3) is 4.64. The molecule has 6 rings (SSSR count). The molecule has 2 fully saturated rings. The van der Waals surface area contributed by atoms with E-state index in [0.717, 1.165) is 27.7 Å². The van der Waals surface area contributed by atoms with Gasteiger partial charge in [-0.15, -0.1) is 5.10 Å². The van der Waals surface area contributed by atoms with Crippen molar-refractivity contribution in [1.82, 2.24) is 40.1 Å². The first-order valence-electron chi connectivity index (χ1n) is 13.2. The highest BCUT2D eigenvalue weighted by molar-refractivity contribution is 5.92. The van der Waals surface area contributed by atoms with Gasteiger partial charge in [-0.1, -0.05) is 71.9 Å². The number of urea groups is 1. The lowest BCUT2D eigenvalue weighted by Gasteiger charge is -2.45. The molecule has 0 aliphatic carbocycles. The van der Waals surface area contributed by atoms with Gasteiger partial charge in [-0.2, -0.15) is 5.01 Å². The Morgan fingerprint density at radius 1 is 1.00 bits per heavy atom. The van der Waals surface area contributed by atoms with Gasteiger partial charge in [-0.3, -0.25) is 14.6 Å². The molecule has 40 heavy (non-hydrogen) atoms. The highest BCUT2D eigenvalue weighted by Crippen LogP contribution is 2.36. The molecular formula is C29H30N8O3. The summed E-state index contributed by atoms with van der Waals surface area (Å²) >= 11 is 0. The molecule has 11 nitrogen and oxygen atoms in total. The van der Waals surface area contributed by atoms with Gasteiger partial charge in [0.2, 0.25) is 5.91 Å². The Bertz CT molecular complexity index is 1560. The molecule has 2 aliphatic rings. The lowest BCUT2D eigenvalue weighted by molar-refractivity contribution is -0.157. The number of hydrazine groups is 1. The number of nitrogens with one attached hydrogen (secondary N) is 1. The molecule has 1 aromatic heterocycles. The third-order valence-corrected chi connectivity index (χ3v) is 7.59. The van der Waals surface area contributed by atoms with Crippen LogP contribution in [0.1, 0.15) is 22.7 Å². The van der Waals surface area contributed by atoms with E-state index in [-0.39, 0.29) is 30.9 Å². The van der Waals surface area contributed by atoms with Crippen molar-refractivity contribution in [2.75, 3.05) is 20.1 Å². The molecule has 3 heterocycles. The molecular weight excluding hydrogens is 508 g/mol. The second-order valence-corrected chi connectivity index (χ2v) is 10.1. The summed E-state index contributed by atoms with van der Waals surface area (Å²) in [7, 11) is 3.48. The Kier molecular flexibility index (Phi) is 6.64. The monoisotopic (exact) mass is 538 g/mol. The minimum Gasteiger partial charge on any atom is -0.333 e. The van der Waals surface area contributed by atoms with Gasteiger partial charge in [0.05, 0.1) is 18.6 Å². The van der Waals surface area contributed by atoms with E-state index in [1.54, 1.807) is 26.5 Å². The summed E-state index contributed by atoms with van der Waals surface area (Å²) in [5.41, 5.74) is 4.29. The maximum Gasteiger partial charge on any atom is 0.332 e. The number of aryl methyl sites for hydroxylation is 1. The summed E-state index contributed by atoms with van der Waals surface area (Å²) in [4.78, 5) is 43.9. The molecule has 1 N–H and O–H groups in total. The van der Waals surface area contributed by atoms with Gasteiger partial charge in [0.25, 0.3) is 5.91 Å². The molecule has 0 bridgehead atoms. The summed E-state index contributed by atoms with van der Waals surface area (Å²) in [5.74, 6) is -0.353. The van der Waals surface area contributed by atoms with Crippen LogP contribution in [0.3, 0.4) is 0 Å². The lowest BCUT2D eigenvalue weighted by Crippen LogP contribution is -2.62. The smallest absolute Gasteiger partial charge is 0.332 e. The zero-order valence-electron chi connectivity index (χ0n) is 22.3. The maximum atomic E-state index is 14.0. The first-order valence-corrected chi connectivity index (χ1v) is 13.2. The van der Waals surface area contributed by atoms with Crippen LogP contribution in [-0.4, -0.2) is 79.0 Å². The summed E-state index contributed by atoms with van der Waals surface area (Å²) < 4.78 is 1.70. The molecule has 4 amide bonds. The zero-order chi connectivity index (χ0) is 27.8. The second kappa shape index (κ2) is 10.4. The van der Waals surface area contributed by atoms with Crippen LogP contribution >= 0.6 is 0 Å². The van der Waals surface area contributed by atoms with E-state index in [1.807, 2.05) is 85.9 Å². The van der Waals surface area contributed by atoms with E-state index in [4.69, 9.17) is 0 Å². The number of hydrogen-bond acceptors (Lipinski definition) is 6. The molecule has 0 unspecified atom stereocenters. The average Bonchev–Trinajstić information content (AvgIpc) is 3.51. The van der Waals surface area contributed by atoms with E-state index in [9.17, 15) is 14.4 Å². The van der Waals surface area contributed by atoms with Crippen LogP contribution in [0.2, 0.25) is 0 Å². The Labute approximate surface area is 231 Å². The summed E-state index contributed by atoms with van der Waals surface area (Å²) in [6.45, 7) is 0.964. The highest BCUT2D eigenvalue weighted by Gasteiger charge is 2.52. The quantitative estimate of drug-likeness (QED) is 0.404. The maximum absolute atomic E-state index is 14.0. The van der Waals surface area contributed by atoms with Gasteiger partial charge in [-0.05, 0) is 28.8 Å². The second-order valence-electron chi connectivity index (χ2n) is 10.1. The van der Waals surface area contributed by atoms with Gasteiger partial charge in [-0.25, -0.2) is 9.48 Å². The Hall–Kier alpha value is -4.77. The SMILES string of the molecule is CN(C(=O)NCc1ccccc1)N1CC(=O)N2[C@@H](c3ccccc3)C(=O)N(Cc3ccc4nnn(C)c4c3)C[C@@H]21. The van der Waals surface area contributed by atoms with E-state index in [1.165, 1.54) is 5.01 Å². The summed E-state index contributed by atoms with van der Waals surface area (Å²) in [6, 6.07) is 23.7. The highest BCUT2D eigenvalue weighted by atomic mass is 16.2. The van der Waals surface area contributed by atoms with Gasteiger partial charge in [0, 0.05) is 27.2 Å². The fourth-order valence-electron chi connectivity index (χ4n) is 5.50. The number of carbonyl (C=O) groups excluding carboxylic acids is 3. The number of benzene rings is 3. The van der Waals surface area contributed by atoms with Crippen LogP contribution < -0.4 is 5.32 Å². The normalized spacial score (nSPS) is 19.2. The van der Waals surface area contributed by atoms with E-state index < -0.39 is 12.2 Å². The molecule has 2 atom stereocenters. The summed E-state index contributed by atoms with van der Waals surface area (Å²) in [6.07, 6.45) is -0.509. The van der Waals surface area contributed by atoms with Crippen LogP contribution in [0, 0.1) is 0 Å². The number of rotatable bonds is 6. The van der Waals surface area contributed by atoms with Gasteiger partial charge in [0.15, 0.2) is 0 Å². The number of amides is 4. The Morgan fingerprint density at radius 3 is 2.48 bits per heavy atom. The predicted molar refractivity (Wildman–Crippen MR) is 147 cm³/mol. The fourth-order valence-corrected chi connectivity index (χ4v) is 5.50. The first kappa shape index (κ1) is 25.5. The minimum absolute atomic E-state index is 0.00295. The molecule has 4 aromatic rings. The average molecular weight is 539 g/mol. The Balaban J connectivity index is 1.28. The van der Waals surface area contributed by atoms with Gasteiger partial charge >= 0.3 is 6.03 Å². The number of piperazine rings is 1. The van der Waals surface area contributed by atoms with Crippen molar-refractivity contribution in [2.45, 2.75) is 25.3 Å². The van der Waals surface area contributed by atoms with Gasteiger partial charge in [0.1, 0.15) is 17.7 Å². The van der Waals surface area contributed by atoms with Gasteiger partial charge < -0.3 is 15.1 Å². The van der Waals surface area contributed by atoms with Crippen molar-refractivity contribution in [3.63, 3.8) is 0 Å². The van der Waals surface area contributed by atoms with E-state index in [0.29, 0.717) is 13.1 Å². The van der Waals surface area contributed by atoms with Crippen molar-refractivity contribution in [3.8, 4) is 0 Å². The number of nitrogens with zero attached hydrogens (tertiary/aromatic N) is 7. The van der Waals surface area contributed by atoms with Crippen LogP contribution in [0.15, 0.2) is 78.9 Å². The van der Waals surface area contributed by atoms with Crippen LogP contribution in [0.25, 0.3) is 11.0 Å². The molecule has 3 aromatic carbocycles. The van der Waals surface area contributed by atoms with Crippen molar-refractivity contribution < 1.29 is 14.4 Å². The number of carbonyl (C=O) groups is 3. The largest absolute Gasteiger partial charge is 0.333 e. The number of aromatic nitrogens is 3. The van der Waals surface area contributed by atoms with Crippen molar-refractivity contribution in [2.24, 2.45) is 7.05 Å². The topological polar surface area (TPSA) is 107 Å². The first-order chi connectivity index (χ1) is 19.4. The molecule has 0 spiro atoms. The van der Waals surface area contributed by atoms with Crippen molar-refractivity contribution in [1.29, 1.82) is 0 Å². The molecule has 0 radical (unpaired) electrons. The summed E-state index contributed by atoms with van der Waals surface area (Å²) in [5, 5.41) is 14.3. The molecule has 204 valence electrons. The van der Waals surface area contributed by atoms with E-state index in [2.05, 4.69) is 15.6 Å². The number of fused-ring (bicyclic) bond motifs is 2. The Morgan fingerprint density at radius 2 is 1.73 bits per heavy atom. The molecule has 2 aliphatic heterocycles.